The smallest absolute Gasteiger partial charge is 0.309 e. The number of ether oxygens (including phenoxy) is 1. The Balaban J connectivity index is 2.07. The van der Waals surface area contributed by atoms with E-state index in [-0.39, 0.29) is 36.3 Å². The molecule has 34 heavy (non-hydrogen) atoms. The van der Waals surface area contributed by atoms with Gasteiger partial charge in [0, 0.05) is 31.0 Å². The molecule has 1 N–H and O–H groups in total. The molecular formula is C23H32F3NO5S2. The monoisotopic (exact) mass is 523 g/mol. The van der Waals surface area contributed by atoms with Crippen molar-refractivity contribution >= 4 is 33.3 Å². The van der Waals surface area contributed by atoms with Crippen LogP contribution in [0.3, 0.4) is 0 Å². The molecular weight excluding hydrogens is 491 g/mol. The van der Waals surface area contributed by atoms with Gasteiger partial charge in [-0.3, -0.25) is 4.79 Å². The fraction of sp³-hybridized carbons (Fsp3) is 0.696. The van der Waals surface area contributed by atoms with Crippen molar-refractivity contribution in [3.05, 3.63) is 12.1 Å². The summed E-state index contributed by atoms with van der Waals surface area (Å²) >= 11 is 1.31. The molecule has 1 aliphatic carbocycles. The predicted molar refractivity (Wildman–Crippen MR) is 126 cm³/mol. The number of thioether (sulfide) groups is 1. The molecule has 0 radical (unpaired) electrons. The highest BCUT2D eigenvalue weighted by molar-refractivity contribution is 7.98. The Bertz CT molecular complexity index is 993. The predicted octanol–water partition coefficient (Wildman–Crippen LogP) is 5.39. The van der Waals surface area contributed by atoms with Crippen LogP contribution in [0.4, 0.5) is 18.9 Å². The van der Waals surface area contributed by atoms with Crippen molar-refractivity contribution in [1.29, 1.82) is 0 Å². The van der Waals surface area contributed by atoms with Gasteiger partial charge < -0.3 is 14.7 Å². The van der Waals surface area contributed by atoms with Crippen LogP contribution in [0.5, 0.6) is 5.75 Å². The lowest BCUT2D eigenvalue weighted by Crippen LogP contribution is -2.39. The highest BCUT2D eigenvalue weighted by Crippen LogP contribution is 2.45. The lowest BCUT2D eigenvalue weighted by molar-refractivity contribution is -0.142. The summed E-state index contributed by atoms with van der Waals surface area (Å²) < 4.78 is 75.1. The summed E-state index contributed by atoms with van der Waals surface area (Å²) in [7, 11) is -4.50. The standard InChI is InChI=1S/C23H32F3NO5S2/c1-14(22(28)29)13-32-18-11-20-17(10-19(18)33-3)27(16-6-4-5-7-16)12-15(8-9-23(2,25)26)21(24)34(20,30)31/h10-11,14-16,21H,4-9,12-13H2,1-3H3,(H,28,29)/t14-,15-,21+/m1/s1. The normalized spacial score (nSPS) is 23.9. The molecule has 1 heterocycles. The molecule has 0 unspecified atom stereocenters. The van der Waals surface area contributed by atoms with Gasteiger partial charge in [-0.1, -0.05) is 12.8 Å². The van der Waals surface area contributed by atoms with Gasteiger partial charge >= 0.3 is 5.97 Å². The molecule has 1 aliphatic heterocycles. The summed E-state index contributed by atoms with van der Waals surface area (Å²) in [6.45, 7) is 2.08. The molecule has 0 bridgehead atoms. The second kappa shape index (κ2) is 10.6. The van der Waals surface area contributed by atoms with Crippen LogP contribution in [-0.2, 0) is 14.6 Å². The summed E-state index contributed by atoms with van der Waals surface area (Å²) in [5, 5.41) is 9.14. The van der Waals surface area contributed by atoms with Gasteiger partial charge in [0.1, 0.15) is 12.4 Å². The minimum Gasteiger partial charge on any atom is -0.491 e. The Morgan fingerprint density at radius 3 is 2.53 bits per heavy atom. The van der Waals surface area contributed by atoms with Gasteiger partial charge in [0.15, 0.2) is 0 Å². The number of anilines is 1. The molecule has 6 nitrogen and oxygen atoms in total. The topological polar surface area (TPSA) is 83.9 Å². The van der Waals surface area contributed by atoms with Crippen molar-refractivity contribution in [2.75, 3.05) is 24.3 Å². The van der Waals surface area contributed by atoms with Gasteiger partial charge in [-0.15, -0.1) is 11.8 Å². The quantitative estimate of drug-likeness (QED) is 0.435. The van der Waals surface area contributed by atoms with Crippen LogP contribution >= 0.6 is 11.8 Å². The first kappa shape index (κ1) is 27.0. The van der Waals surface area contributed by atoms with Crippen molar-refractivity contribution in [3.8, 4) is 5.75 Å². The van der Waals surface area contributed by atoms with Crippen molar-refractivity contribution < 1.29 is 36.2 Å². The molecule has 0 spiro atoms. The number of carboxylic acids is 1. The first-order chi connectivity index (χ1) is 15.8. The van der Waals surface area contributed by atoms with E-state index in [0.717, 1.165) is 32.6 Å². The minimum absolute atomic E-state index is 0.00241. The van der Waals surface area contributed by atoms with Gasteiger partial charge in [0.2, 0.25) is 21.3 Å². The third kappa shape index (κ3) is 5.95. The molecule has 0 amide bonds. The van der Waals surface area contributed by atoms with E-state index in [1.54, 1.807) is 12.3 Å². The Morgan fingerprint density at radius 2 is 1.97 bits per heavy atom. The maximum Gasteiger partial charge on any atom is 0.309 e. The molecule has 2 aliphatic rings. The molecule has 1 aromatic carbocycles. The SMILES string of the molecule is CSc1cc2c(cc1OC[C@@H](C)C(=O)O)S(=O)(=O)[C@H](F)[C@H](CCC(C)(F)F)CN2C1CCCC1. The van der Waals surface area contributed by atoms with E-state index in [0.29, 0.717) is 10.6 Å². The van der Waals surface area contributed by atoms with Crippen LogP contribution in [-0.4, -0.2) is 56.4 Å². The summed E-state index contributed by atoms with van der Waals surface area (Å²) in [6, 6.07) is 2.92. The molecule has 1 saturated carbocycles. The Labute approximate surface area is 203 Å². The molecule has 1 fully saturated rings. The average molecular weight is 524 g/mol. The van der Waals surface area contributed by atoms with E-state index in [4.69, 9.17) is 9.84 Å². The lowest BCUT2D eigenvalue weighted by Gasteiger charge is -2.33. The second-order valence-electron chi connectivity index (χ2n) is 9.38. The highest BCUT2D eigenvalue weighted by atomic mass is 32.2. The highest BCUT2D eigenvalue weighted by Gasteiger charge is 2.44. The van der Waals surface area contributed by atoms with Crippen LogP contribution in [0, 0.1) is 11.8 Å². The summed E-state index contributed by atoms with van der Waals surface area (Å²) in [6.07, 6.45) is 4.49. The first-order valence-electron chi connectivity index (χ1n) is 11.4. The van der Waals surface area contributed by atoms with Crippen molar-refractivity contribution in [3.63, 3.8) is 0 Å². The van der Waals surface area contributed by atoms with Crippen LogP contribution in [0.1, 0.15) is 52.4 Å². The number of fused-ring (bicyclic) bond motifs is 1. The van der Waals surface area contributed by atoms with Crippen LogP contribution in [0.2, 0.25) is 0 Å². The first-order valence-corrected chi connectivity index (χ1v) is 14.2. The maximum absolute atomic E-state index is 15.6. The van der Waals surface area contributed by atoms with Crippen LogP contribution in [0.15, 0.2) is 21.9 Å². The second-order valence-corrected chi connectivity index (χ2v) is 12.2. The number of rotatable bonds is 9. The maximum atomic E-state index is 15.6. The number of nitrogens with zero attached hydrogens (tertiary/aromatic N) is 1. The Kier molecular flexibility index (Phi) is 8.38. The largest absolute Gasteiger partial charge is 0.491 e. The van der Waals surface area contributed by atoms with Crippen molar-refractivity contribution in [2.24, 2.45) is 11.8 Å². The third-order valence-corrected chi connectivity index (χ3v) is 9.27. The van der Waals surface area contributed by atoms with Gasteiger partial charge in [-0.25, -0.2) is 21.6 Å². The zero-order chi connectivity index (χ0) is 25.3. The van der Waals surface area contributed by atoms with Crippen LogP contribution < -0.4 is 9.64 Å². The molecule has 192 valence electrons. The van der Waals surface area contributed by atoms with Gasteiger partial charge in [-0.2, -0.15) is 0 Å². The van der Waals surface area contributed by atoms with Gasteiger partial charge in [0.25, 0.3) is 0 Å². The fourth-order valence-electron chi connectivity index (χ4n) is 4.57. The number of carboxylic acid groups (broad SMARTS) is 1. The zero-order valence-corrected chi connectivity index (χ0v) is 21.2. The molecule has 3 atom stereocenters. The van der Waals surface area contributed by atoms with Crippen molar-refractivity contribution in [1.82, 2.24) is 0 Å². The van der Waals surface area contributed by atoms with E-state index in [1.165, 1.54) is 24.8 Å². The van der Waals surface area contributed by atoms with Crippen LogP contribution in [0.25, 0.3) is 0 Å². The molecule has 11 heteroatoms. The minimum atomic E-state index is -4.50. The number of sulfone groups is 1. The van der Waals surface area contributed by atoms with E-state index in [2.05, 4.69) is 0 Å². The zero-order valence-electron chi connectivity index (χ0n) is 19.6. The number of halogens is 3. The van der Waals surface area contributed by atoms with Crippen molar-refractivity contribution in [2.45, 2.75) is 79.6 Å². The molecule has 0 saturated heterocycles. The van der Waals surface area contributed by atoms with E-state index >= 15 is 4.39 Å². The summed E-state index contributed by atoms with van der Waals surface area (Å²) in [4.78, 5) is 13.4. The molecule has 1 aromatic rings. The summed E-state index contributed by atoms with van der Waals surface area (Å²) in [5.41, 5.74) is -1.96. The number of hydrogen-bond donors (Lipinski definition) is 1. The Morgan fingerprint density at radius 1 is 1.32 bits per heavy atom. The number of hydrogen-bond acceptors (Lipinski definition) is 6. The number of benzene rings is 1. The van der Waals surface area contributed by atoms with E-state index in [1.807, 2.05) is 4.90 Å². The average Bonchev–Trinajstić information content (AvgIpc) is 3.28. The number of alkyl halides is 3. The van der Waals surface area contributed by atoms with E-state index in [9.17, 15) is 22.0 Å². The van der Waals surface area contributed by atoms with E-state index < -0.39 is 45.5 Å². The Hall–Kier alpha value is -1.62. The lowest BCUT2D eigenvalue weighted by atomic mass is 9.99. The fourth-order valence-corrected chi connectivity index (χ4v) is 6.83. The summed E-state index contributed by atoms with van der Waals surface area (Å²) in [5.74, 6) is -5.83. The third-order valence-electron chi connectivity index (χ3n) is 6.59. The number of aliphatic carboxylic acids is 1. The molecule has 0 aromatic heterocycles. The molecule has 3 rings (SSSR count). The van der Waals surface area contributed by atoms with Gasteiger partial charge in [0.05, 0.1) is 21.4 Å². The number of carbonyl (C=O) groups is 1. The van der Waals surface area contributed by atoms with Gasteiger partial charge in [-0.05, 0) is 45.4 Å².